The molecule has 27 heavy (non-hydrogen) atoms. The fraction of sp³-hybridized carbons (Fsp3) is 0.368. The predicted molar refractivity (Wildman–Crippen MR) is 99.3 cm³/mol. The van der Waals surface area contributed by atoms with Gasteiger partial charge in [0, 0.05) is 24.7 Å². The van der Waals surface area contributed by atoms with Gasteiger partial charge in [-0.3, -0.25) is 4.98 Å². The van der Waals surface area contributed by atoms with Crippen molar-refractivity contribution in [1.29, 1.82) is 5.26 Å². The van der Waals surface area contributed by atoms with Gasteiger partial charge in [0.1, 0.15) is 17.6 Å². The molecule has 2 fully saturated rings. The van der Waals surface area contributed by atoms with E-state index in [0.717, 1.165) is 24.5 Å². The average molecular weight is 361 g/mol. The summed E-state index contributed by atoms with van der Waals surface area (Å²) in [7, 11) is 0. The van der Waals surface area contributed by atoms with Crippen LogP contribution in [0.15, 0.2) is 30.9 Å². The highest BCUT2D eigenvalue weighted by Gasteiger charge is 2.53. The summed E-state index contributed by atoms with van der Waals surface area (Å²) < 4.78 is 7.30. The SMILES string of the molecule is CCOc1cc(-c2cnc(N3C[C@@H]4[C@H](N)[C@@H]4C3)cn2)c2c(C#N)cnn2c1. The Morgan fingerprint density at radius 3 is 2.74 bits per heavy atom. The van der Waals surface area contributed by atoms with Crippen LogP contribution in [0.3, 0.4) is 0 Å². The smallest absolute Gasteiger partial charge is 0.147 e. The number of nitriles is 1. The molecule has 0 aromatic carbocycles. The van der Waals surface area contributed by atoms with E-state index in [1.807, 2.05) is 13.0 Å². The third-order valence-electron chi connectivity index (χ3n) is 5.52. The summed E-state index contributed by atoms with van der Waals surface area (Å²) in [6, 6.07) is 4.43. The maximum absolute atomic E-state index is 9.42. The molecule has 1 saturated heterocycles. The van der Waals surface area contributed by atoms with Crippen molar-refractivity contribution in [2.24, 2.45) is 17.6 Å². The third-order valence-corrected chi connectivity index (χ3v) is 5.52. The van der Waals surface area contributed by atoms with Crippen molar-refractivity contribution in [2.45, 2.75) is 13.0 Å². The number of ether oxygens (including phenoxy) is 1. The number of hydrogen-bond acceptors (Lipinski definition) is 7. The van der Waals surface area contributed by atoms with Crippen molar-refractivity contribution in [3.8, 4) is 23.1 Å². The van der Waals surface area contributed by atoms with E-state index in [4.69, 9.17) is 10.5 Å². The van der Waals surface area contributed by atoms with Gasteiger partial charge in [-0.1, -0.05) is 0 Å². The molecule has 2 aliphatic rings. The zero-order valence-corrected chi connectivity index (χ0v) is 14.9. The maximum atomic E-state index is 9.42. The molecule has 1 saturated carbocycles. The van der Waals surface area contributed by atoms with Crippen LogP contribution >= 0.6 is 0 Å². The second-order valence-electron chi connectivity index (χ2n) is 7.06. The molecule has 5 rings (SSSR count). The number of nitrogens with two attached hydrogens (primary N) is 1. The van der Waals surface area contributed by atoms with Gasteiger partial charge in [0.2, 0.25) is 0 Å². The van der Waals surface area contributed by atoms with Crippen LogP contribution in [0.25, 0.3) is 16.8 Å². The van der Waals surface area contributed by atoms with Gasteiger partial charge >= 0.3 is 0 Å². The molecule has 2 N–H and O–H groups in total. The highest BCUT2D eigenvalue weighted by atomic mass is 16.5. The minimum absolute atomic E-state index is 0.356. The van der Waals surface area contributed by atoms with Crippen LogP contribution in [-0.4, -0.2) is 45.3 Å². The highest BCUT2D eigenvalue weighted by molar-refractivity contribution is 5.83. The molecule has 8 nitrogen and oxygen atoms in total. The molecule has 8 heteroatoms. The lowest BCUT2D eigenvalue weighted by molar-refractivity contribution is 0.338. The lowest BCUT2D eigenvalue weighted by Gasteiger charge is -2.19. The summed E-state index contributed by atoms with van der Waals surface area (Å²) in [5.41, 5.74) is 8.67. The third kappa shape index (κ3) is 2.51. The van der Waals surface area contributed by atoms with Crippen molar-refractivity contribution in [2.75, 3.05) is 24.6 Å². The van der Waals surface area contributed by atoms with Gasteiger partial charge in [0.05, 0.1) is 48.2 Å². The minimum atomic E-state index is 0.356. The Kier molecular flexibility index (Phi) is 3.52. The Morgan fingerprint density at radius 2 is 2.07 bits per heavy atom. The Hall–Kier alpha value is -3.18. The number of piperidine rings is 1. The molecule has 0 amide bonds. The van der Waals surface area contributed by atoms with Crippen LogP contribution in [-0.2, 0) is 0 Å². The molecular formula is C19H19N7O. The van der Waals surface area contributed by atoms with Crippen LogP contribution in [0.1, 0.15) is 12.5 Å². The van der Waals surface area contributed by atoms with Gasteiger partial charge in [0.15, 0.2) is 0 Å². The fourth-order valence-electron chi connectivity index (χ4n) is 4.00. The monoisotopic (exact) mass is 361 g/mol. The highest BCUT2D eigenvalue weighted by Crippen LogP contribution is 2.44. The van der Waals surface area contributed by atoms with Crippen molar-refractivity contribution in [1.82, 2.24) is 19.6 Å². The lowest BCUT2D eigenvalue weighted by atomic mass is 10.1. The van der Waals surface area contributed by atoms with Gasteiger partial charge in [-0.15, -0.1) is 0 Å². The van der Waals surface area contributed by atoms with Crippen LogP contribution in [0.2, 0.25) is 0 Å². The van der Waals surface area contributed by atoms with Crippen molar-refractivity contribution >= 4 is 11.3 Å². The van der Waals surface area contributed by atoms with E-state index in [1.54, 1.807) is 29.3 Å². The number of nitrogens with zero attached hydrogens (tertiary/aromatic N) is 6. The summed E-state index contributed by atoms with van der Waals surface area (Å²) in [4.78, 5) is 11.5. The molecule has 0 spiro atoms. The number of hydrogen-bond donors (Lipinski definition) is 1. The number of rotatable bonds is 4. The molecule has 3 atom stereocenters. The first-order chi connectivity index (χ1) is 13.2. The topological polar surface area (TPSA) is 105 Å². The molecule has 1 aliphatic heterocycles. The predicted octanol–water partition coefficient (Wildman–Crippen LogP) is 1.45. The van der Waals surface area contributed by atoms with Gasteiger partial charge in [-0.25, -0.2) is 9.50 Å². The van der Waals surface area contributed by atoms with Gasteiger partial charge in [-0.05, 0) is 24.8 Å². The van der Waals surface area contributed by atoms with Gasteiger partial charge in [0.25, 0.3) is 0 Å². The van der Waals surface area contributed by atoms with Crippen LogP contribution in [0.4, 0.5) is 5.82 Å². The van der Waals surface area contributed by atoms with Gasteiger partial charge < -0.3 is 15.4 Å². The number of aromatic nitrogens is 4. The van der Waals surface area contributed by atoms with E-state index >= 15 is 0 Å². The Labute approximate surface area is 156 Å². The van der Waals surface area contributed by atoms with Crippen molar-refractivity contribution < 1.29 is 4.74 Å². The van der Waals surface area contributed by atoms with E-state index < -0.39 is 0 Å². The van der Waals surface area contributed by atoms with E-state index in [1.165, 1.54) is 0 Å². The van der Waals surface area contributed by atoms with Crippen molar-refractivity contribution in [3.05, 3.63) is 36.4 Å². The Morgan fingerprint density at radius 1 is 1.26 bits per heavy atom. The maximum Gasteiger partial charge on any atom is 0.147 e. The molecule has 3 aromatic heterocycles. The van der Waals surface area contributed by atoms with Crippen molar-refractivity contribution in [3.63, 3.8) is 0 Å². The largest absolute Gasteiger partial charge is 0.492 e. The molecule has 1 aliphatic carbocycles. The van der Waals surface area contributed by atoms with E-state index in [-0.39, 0.29) is 0 Å². The molecule has 0 bridgehead atoms. The standard InChI is InChI=1S/C19H19N7O/c1-2-27-12-3-13(19-11(4-20)5-24-26(19)8-12)16-6-23-17(7-22-16)25-9-14-15(10-25)18(14)21/h3,5-8,14-15,18H,2,9-10,21H2,1H3/t14-,15+,18-. The summed E-state index contributed by atoms with van der Waals surface area (Å²) in [5.74, 6) is 2.73. The first-order valence-corrected chi connectivity index (χ1v) is 9.07. The summed E-state index contributed by atoms with van der Waals surface area (Å²) in [6.07, 6.45) is 6.86. The summed E-state index contributed by atoms with van der Waals surface area (Å²) in [5, 5.41) is 13.7. The second-order valence-corrected chi connectivity index (χ2v) is 7.06. The zero-order valence-electron chi connectivity index (χ0n) is 14.9. The minimum Gasteiger partial charge on any atom is -0.492 e. The quantitative estimate of drug-likeness (QED) is 0.750. The van der Waals surface area contributed by atoms with Crippen LogP contribution < -0.4 is 15.4 Å². The molecular weight excluding hydrogens is 342 g/mol. The summed E-state index contributed by atoms with van der Waals surface area (Å²) >= 11 is 0. The van der Waals surface area contributed by atoms with Crippen LogP contribution in [0.5, 0.6) is 5.75 Å². The number of fused-ring (bicyclic) bond motifs is 2. The first kappa shape index (κ1) is 16.0. The molecule has 0 unspecified atom stereocenters. The number of anilines is 1. The second kappa shape index (κ2) is 5.93. The molecule has 3 aromatic rings. The van der Waals surface area contributed by atoms with E-state index in [9.17, 15) is 5.26 Å². The van der Waals surface area contributed by atoms with E-state index in [2.05, 4.69) is 26.0 Å². The lowest BCUT2D eigenvalue weighted by Crippen LogP contribution is -2.28. The fourth-order valence-corrected chi connectivity index (χ4v) is 4.00. The normalized spacial score (nSPS) is 23.3. The average Bonchev–Trinajstić information content (AvgIpc) is 3.09. The molecule has 136 valence electrons. The Balaban J connectivity index is 1.52. The van der Waals surface area contributed by atoms with Crippen LogP contribution in [0, 0.1) is 23.2 Å². The van der Waals surface area contributed by atoms with E-state index in [0.29, 0.717) is 47.0 Å². The zero-order chi connectivity index (χ0) is 18.5. The van der Waals surface area contributed by atoms with Gasteiger partial charge in [-0.2, -0.15) is 10.4 Å². The summed E-state index contributed by atoms with van der Waals surface area (Å²) in [6.45, 7) is 4.37. The first-order valence-electron chi connectivity index (χ1n) is 9.07. The Bertz CT molecular complexity index is 1040. The molecule has 4 heterocycles. The number of pyridine rings is 1. The molecule has 0 radical (unpaired) electrons.